The highest BCUT2D eigenvalue weighted by Crippen LogP contribution is 2.30. The van der Waals surface area contributed by atoms with Crippen LogP contribution in [-0.2, 0) is 0 Å². The van der Waals surface area contributed by atoms with Crippen LogP contribution in [0, 0.1) is 13.8 Å². The summed E-state index contributed by atoms with van der Waals surface area (Å²) in [6.07, 6.45) is -0.675. The number of ether oxygens (including phenoxy) is 1. The van der Waals surface area contributed by atoms with Crippen LogP contribution >= 0.6 is 0 Å². The van der Waals surface area contributed by atoms with Crippen molar-refractivity contribution in [2.24, 2.45) is 4.99 Å². The van der Waals surface area contributed by atoms with Crippen LogP contribution in [0.2, 0.25) is 0 Å². The fraction of sp³-hybridized carbons (Fsp3) is 0.429. The van der Waals surface area contributed by atoms with E-state index in [4.69, 9.17) is 4.74 Å². The van der Waals surface area contributed by atoms with Crippen LogP contribution in [-0.4, -0.2) is 59.4 Å². The first-order valence-corrected chi connectivity index (χ1v) is 9.72. The Labute approximate surface area is 171 Å². The van der Waals surface area contributed by atoms with Crippen molar-refractivity contribution in [3.63, 3.8) is 0 Å². The van der Waals surface area contributed by atoms with Crippen LogP contribution in [0.15, 0.2) is 35.3 Å². The zero-order chi connectivity index (χ0) is 21.0. The van der Waals surface area contributed by atoms with Gasteiger partial charge in [0.1, 0.15) is 5.69 Å². The summed E-state index contributed by atoms with van der Waals surface area (Å²) in [7, 11) is 1.52. The standard InChI is InChI=1S/C21H29N5O3/c1-14-5-7-17(8-6-14)25-9-11-26(12-10-25)21(24-28)23-19-13-18(16(3)27)15(2)22-20(19)29-4/h5-8,13,16,27-28H,9-12H2,1-4H3,(H,23,24). The summed E-state index contributed by atoms with van der Waals surface area (Å²) in [5.41, 5.74) is 6.44. The van der Waals surface area contributed by atoms with Gasteiger partial charge in [-0.1, -0.05) is 17.7 Å². The molecule has 1 aliphatic heterocycles. The second-order valence-electron chi connectivity index (χ2n) is 7.22. The third kappa shape index (κ3) is 4.78. The minimum atomic E-state index is -0.675. The molecule has 0 radical (unpaired) electrons. The second-order valence-corrected chi connectivity index (χ2v) is 7.22. The molecule has 2 aromatic rings. The second kappa shape index (κ2) is 9.11. The molecule has 0 bridgehead atoms. The Kier molecular flexibility index (Phi) is 6.56. The van der Waals surface area contributed by atoms with Crippen molar-refractivity contribution >= 4 is 17.3 Å². The number of methoxy groups -OCH3 is 1. The smallest absolute Gasteiger partial charge is 0.240 e. The molecule has 29 heavy (non-hydrogen) atoms. The number of hydrogen-bond donors (Lipinski definition) is 3. The number of aromatic nitrogens is 1. The fourth-order valence-corrected chi connectivity index (χ4v) is 3.45. The molecule has 3 N–H and O–H groups in total. The third-order valence-corrected chi connectivity index (χ3v) is 5.15. The summed E-state index contributed by atoms with van der Waals surface area (Å²) in [4.78, 5) is 13.2. The monoisotopic (exact) mass is 399 g/mol. The minimum Gasteiger partial charge on any atom is -0.479 e. The number of aliphatic imine (C=N–C) groups is 1. The maximum atomic E-state index is 9.98. The average Bonchev–Trinajstić information content (AvgIpc) is 2.73. The Morgan fingerprint density at radius 2 is 1.83 bits per heavy atom. The van der Waals surface area contributed by atoms with Crippen molar-refractivity contribution in [2.45, 2.75) is 26.9 Å². The Balaban J connectivity index is 1.79. The first-order valence-electron chi connectivity index (χ1n) is 9.72. The number of hydrogen-bond acceptors (Lipinski definition) is 6. The van der Waals surface area contributed by atoms with Crippen molar-refractivity contribution in [3.05, 3.63) is 47.2 Å². The van der Waals surface area contributed by atoms with Gasteiger partial charge < -0.3 is 19.6 Å². The average molecular weight is 399 g/mol. The summed E-state index contributed by atoms with van der Waals surface area (Å²) in [5, 5.41) is 19.7. The minimum absolute atomic E-state index is 0.328. The van der Waals surface area contributed by atoms with Crippen LogP contribution in [0.4, 0.5) is 11.4 Å². The van der Waals surface area contributed by atoms with E-state index in [0.29, 0.717) is 41.9 Å². The van der Waals surface area contributed by atoms with Crippen molar-refractivity contribution in [2.75, 3.05) is 38.2 Å². The Morgan fingerprint density at radius 1 is 1.17 bits per heavy atom. The van der Waals surface area contributed by atoms with E-state index in [-0.39, 0.29) is 0 Å². The van der Waals surface area contributed by atoms with E-state index in [0.717, 1.165) is 13.1 Å². The number of nitrogens with zero attached hydrogens (tertiary/aromatic N) is 4. The Bertz CT molecular complexity index is 859. The molecule has 1 unspecified atom stereocenters. The normalized spacial score (nSPS) is 16.0. The topological polar surface area (TPSA) is 93.4 Å². The largest absolute Gasteiger partial charge is 0.479 e. The van der Waals surface area contributed by atoms with Crippen molar-refractivity contribution in [3.8, 4) is 5.88 Å². The number of hydroxylamine groups is 1. The molecule has 8 heteroatoms. The van der Waals surface area contributed by atoms with Crippen LogP contribution in [0.5, 0.6) is 5.88 Å². The quantitative estimate of drug-likeness (QED) is 0.413. The van der Waals surface area contributed by atoms with E-state index in [9.17, 15) is 10.3 Å². The van der Waals surface area contributed by atoms with Gasteiger partial charge in [-0.15, -0.1) is 0 Å². The Hall–Kier alpha value is -2.84. The van der Waals surface area contributed by atoms with Gasteiger partial charge >= 0.3 is 0 Å². The highest BCUT2D eigenvalue weighted by molar-refractivity contribution is 5.83. The lowest BCUT2D eigenvalue weighted by Gasteiger charge is -2.37. The molecule has 0 amide bonds. The van der Waals surface area contributed by atoms with E-state index in [2.05, 4.69) is 51.5 Å². The zero-order valence-electron chi connectivity index (χ0n) is 17.4. The van der Waals surface area contributed by atoms with Crippen molar-refractivity contribution in [1.29, 1.82) is 0 Å². The first kappa shape index (κ1) is 20.9. The van der Waals surface area contributed by atoms with Crippen LogP contribution in [0.25, 0.3) is 0 Å². The van der Waals surface area contributed by atoms with E-state index in [1.807, 2.05) is 11.8 Å². The molecule has 1 atom stereocenters. The molecule has 8 nitrogen and oxygen atoms in total. The fourth-order valence-electron chi connectivity index (χ4n) is 3.45. The lowest BCUT2D eigenvalue weighted by atomic mass is 10.1. The van der Waals surface area contributed by atoms with E-state index in [1.54, 1.807) is 13.0 Å². The van der Waals surface area contributed by atoms with Crippen LogP contribution in [0.1, 0.15) is 29.8 Å². The molecule has 1 aliphatic rings. The summed E-state index contributed by atoms with van der Waals surface area (Å²) in [6.45, 7) is 8.59. The third-order valence-electron chi connectivity index (χ3n) is 5.15. The molecule has 0 aliphatic carbocycles. The first-order chi connectivity index (χ1) is 13.9. The summed E-state index contributed by atoms with van der Waals surface area (Å²) in [5.74, 6) is 0.673. The molecule has 0 saturated carbocycles. The lowest BCUT2D eigenvalue weighted by Crippen LogP contribution is -2.52. The van der Waals surface area contributed by atoms with Crippen LogP contribution in [0.3, 0.4) is 0 Å². The zero-order valence-corrected chi connectivity index (χ0v) is 17.4. The molecule has 1 aromatic heterocycles. The molecule has 0 spiro atoms. The molecule has 156 valence electrons. The number of aliphatic hydroxyl groups is 1. The van der Waals surface area contributed by atoms with Gasteiger partial charge in [0.25, 0.3) is 0 Å². The van der Waals surface area contributed by atoms with Crippen molar-refractivity contribution < 1.29 is 15.1 Å². The number of pyridine rings is 1. The van der Waals surface area contributed by atoms with E-state index >= 15 is 0 Å². The maximum Gasteiger partial charge on any atom is 0.240 e. The Morgan fingerprint density at radius 3 is 2.38 bits per heavy atom. The molecular formula is C21H29N5O3. The maximum absolute atomic E-state index is 9.98. The molecule has 2 heterocycles. The van der Waals surface area contributed by atoms with Gasteiger partial charge in [0.15, 0.2) is 0 Å². The number of rotatable bonds is 4. The number of guanidine groups is 1. The van der Waals surface area contributed by atoms with Crippen molar-refractivity contribution in [1.82, 2.24) is 15.4 Å². The number of aryl methyl sites for hydroxylation is 2. The molecule has 1 saturated heterocycles. The van der Waals surface area contributed by atoms with Gasteiger partial charge in [-0.3, -0.25) is 5.21 Å². The predicted octanol–water partition coefficient (Wildman–Crippen LogP) is 2.55. The van der Waals surface area contributed by atoms with E-state index in [1.165, 1.54) is 18.4 Å². The van der Waals surface area contributed by atoms with Gasteiger partial charge in [-0.05, 0) is 39.0 Å². The summed E-state index contributed by atoms with van der Waals surface area (Å²) in [6, 6.07) is 10.2. The van der Waals surface area contributed by atoms with Gasteiger partial charge in [-0.2, -0.15) is 0 Å². The number of piperazine rings is 1. The lowest BCUT2D eigenvalue weighted by molar-refractivity contribution is 0.198. The number of nitrogens with one attached hydrogen (secondary N) is 1. The molecule has 3 rings (SSSR count). The van der Waals surface area contributed by atoms with Crippen LogP contribution < -0.4 is 15.1 Å². The van der Waals surface area contributed by atoms with E-state index < -0.39 is 6.10 Å². The molecule has 1 fully saturated rings. The van der Waals surface area contributed by atoms with Gasteiger partial charge in [0.05, 0.1) is 13.2 Å². The summed E-state index contributed by atoms with van der Waals surface area (Å²) < 4.78 is 5.34. The highest BCUT2D eigenvalue weighted by Gasteiger charge is 2.21. The molecular weight excluding hydrogens is 370 g/mol. The van der Waals surface area contributed by atoms with Gasteiger partial charge in [0.2, 0.25) is 11.8 Å². The van der Waals surface area contributed by atoms with Gasteiger partial charge in [0, 0.05) is 43.1 Å². The number of aliphatic hydroxyl groups excluding tert-OH is 1. The highest BCUT2D eigenvalue weighted by atomic mass is 16.5. The van der Waals surface area contributed by atoms with Gasteiger partial charge in [-0.25, -0.2) is 15.5 Å². The predicted molar refractivity (Wildman–Crippen MR) is 113 cm³/mol. The number of benzene rings is 1. The number of anilines is 1. The molecule has 1 aromatic carbocycles. The SMILES string of the molecule is COc1nc(C)c(C(C)O)cc1N=C(NO)N1CCN(c2ccc(C)cc2)CC1. The summed E-state index contributed by atoms with van der Waals surface area (Å²) >= 11 is 0.